The SMILES string of the molecule is COc1ccc(NC(=O)C2CCNC2)cc1-n1cnnn1.Cl. The fourth-order valence-corrected chi connectivity index (χ4v) is 2.34. The number of nitrogens with one attached hydrogen (secondary N) is 2. The molecule has 1 saturated heterocycles. The topological polar surface area (TPSA) is 94.0 Å². The van der Waals surface area contributed by atoms with Crippen LogP contribution in [0.3, 0.4) is 0 Å². The van der Waals surface area contributed by atoms with Crippen molar-refractivity contribution in [2.24, 2.45) is 5.92 Å². The van der Waals surface area contributed by atoms with E-state index in [1.165, 1.54) is 11.0 Å². The number of amides is 1. The molecule has 1 aromatic heterocycles. The van der Waals surface area contributed by atoms with E-state index in [4.69, 9.17) is 4.74 Å². The van der Waals surface area contributed by atoms with E-state index in [9.17, 15) is 4.79 Å². The summed E-state index contributed by atoms with van der Waals surface area (Å²) in [6.07, 6.45) is 2.34. The highest BCUT2D eigenvalue weighted by Gasteiger charge is 2.22. The normalized spacial score (nSPS) is 16.9. The van der Waals surface area contributed by atoms with Crippen LogP contribution in [0, 0.1) is 5.92 Å². The summed E-state index contributed by atoms with van der Waals surface area (Å²) in [6, 6.07) is 5.36. The number of halogens is 1. The quantitative estimate of drug-likeness (QED) is 0.857. The van der Waals surface area contributed by atoms with Crippen LogP contribution in [0.4, 0.5) is 5.69 Å². The molecule has 1 amide bonds. The summed E-state index contributed by atoms with van der Waals surface area (Å²) in [5.41, 5.74) is 1.36. The molecule has 1 aliphatic heterocycles. The van der Waals surface area contributed by atoms with Crippen LogP contribution in [0.5, 0.6) is 5.75 Å². The monoisotopic (exact) mass is 324 g/mol. The van der Waals surface area contributed by atoms with Gasteiger partial charge in [-0.3, -0.25) is 4.79 Å². The van der Waals surface area contributed by atoms with Crippen molar-refractivity contribution < 1.29 is 9.53 Å². The molecule has 9 heteroatoms. The van der Waals surface area contributed by atoms with Crippen molar-refractivity contribution in [3.63, 3.8) is 0 Å². The highest BCUT2D eigenvalue weighted by atomic mass is 35.5. The average molecular weight is 325 g/mol. The zero-order valence-corrected chi connectivity index (χ0v) is 12.8. The number of carbonyl (C=O) groups is 1. The molecule has 1 atom stereocenters. The highest BCUT2D eigenvalue weighted by molar-refractivity contribution is 5.93. The Hall–Kier alpha value is -2.19. The molecule has 1 aromatic carbocycles. The second kappa shape index (κ2) is 7.19. The molecule has 1 unspecified atom stereocenters. The molecule has 0 saturated carbocycles. The molecule has 118 valence electrons. The number of benzene rings is 1. The molecule has 0 radical (unpaired) electrons. The standard InChI is InChI=1S/C13H16N6O2.ClH/c1-21-12-3-2-10(6-11(12)19-8-15-17-18-19)16-13(20)9-4-5-14-7-9;/h2-3,6,8-9,14H,4-5,7H2,1H3,(H,16,20);1H. The Bertz CT molecular complexity index is 627. The maximum Gasteiger partial charge on any atom is 0.228 e. The van der Waals surface area contributed by atoms with Gasteiger partial charge in [-0.25, -0.2) is 0 Å². The Kier molecular flexibility index (Phi) is 5.29. The largest absolute Gasteiger partial charge is 0.494 e. The molecular formula is C13H17ClN6O2. The van der Waals surface area contributed by atoms with Crippen molar-refractivity contribution in [3.8, 4) is 11.4 Å². The summed E-state index contributed by atoms with van der Waals surface area (Å²) in [7, 11) is 1.58. The van der Waals surface area contributed by atoms with E-state index < -0.39 is 0 Å². The van der Waals surface area contributed by atoms with Crippen molar-refractivity contribution >= 4 is 24.0 Å². The number of aromatic nitrogens is 4. The molecular weight excluding hydrogens is 308 g/mol. The number of methoxy groups -OCH3 is 1. The zero-order chi connectivity index (χ0) is 14.7. The van der Waals surface area contributed by atoms with E-state index in [-0.39, 0.29) is 24.2 Å². The number of tetrazole rings is 1. The van der Waals surface area contributed by atoms with Gasteiger partial charge in [0.2, 0.25) is 5.91 Å². The van der Waals surface area contributed by atoms with Gasteiger partial charge in [0.05, 0.1) is 13.0 Å². The van der Waals surface area contributed by atoms with Crippen LogP contribution < -0.4 is 15.4 Å². The molecule has 3 rings (SSSR count). The predicted molar refractivity (Wildman–Crippen MR) is 82.6 cm³/mol. The molecule has 2 heterocycles. The van der Waals surface area contributed by atoms with Crippen LogP contribution in [0.1, 0.15) is 6.42 Å². The second-order valence-electron chi connectivity index (χ2n) is 4.82. The molecule has 22 heavy (non-hydrogen) atoms. The van der Waals surface area contributed by atoms with Gasteiger partial charge in [0, 0.05) is 12.2 Å². The van der Waals surface area contributed by atoms with Gasteiger partial charge in [0.25, 0.3) is 0 Å². The van der Waals surface area contributed by atoms with E-state index in [0.717, 1.165) is 19.5 Å². The van der Waals surface area contributed by atoms with Gasteiger partial charge in [0.15, 0.2) is 0 Å². The van der Waals surface area contributed by atoms with Crippen molar-refractivity contribution in [1.82, 2.24) is 25.5 Å². The molecule has 1 aliphatic rings. The molecule has 8 nitrogen and oxygen atoms in total. The van der Waals surface area contributed by atoms with E-state index in [1.54, 1.807) is 25.3 Å². The van der Waals surface area contributed by atoms with Gasteiger partial charge in [-0.05, 0) is 41.6 Å². The minimum absolute atomic E-state index is 0. The number of hydrogen-bond donors (Lipinski definition) is 2. The minimum atomic E-state index is 0. The van der Waals surface area contributed by atoms with Gasteiger partial charge < -0.3 is 15.4 Å². The lowest BCUT2D eigenvalue weighted by molar-refractivity contribution is -0.119. The van der Waals surface area contributed by atoms with Crippen molar-refractivity contribution in [2.45, 2.75) is 6.42 Å². The third-order valence-electron chi connectivity index (χ3n) is 3.47. The first-order valence-electron chi connectivity index (χ1n) is 6.71. The molecule has 2 N–H and O–H groups in total. The van der Waals surface area contributed by atoms with Crippen LogP contribution in [0.25, 0.3) is 5.69 Å². The third kappa shape index (κ3) is 3.34. The van der Waals surface area contributed by atoms with Gasteiger partial charge in [0.1, 0.15) is 17.8 Å². The fraction of sp³-hybridized carbons (Fsp3) is 0.385. The van der Waals surface area contributed by atoms with E-state index in [1.807, 2.05) is 0 Å². The first-order chi connectivity index (χ1) is 10.3. The smallest absolute Gasteiger partial charge is 0.228 e. The van der Waals surface area contributed by atoms with E-state index in [0.29, 0.717) is 17.1 Å². The third-order valence-corrected chi connectivity index (χ3v) is 3.47. The Morgan fingerprint density at radius 1 is 1.50 bits per heavy atom. The Balaban J connectivity index is 0.00000176. The lowest BCUT2D eigenvalue weighted by atomic mass is 10.1. The van der Waals surface area contributed by atoms with Crippen LogP contribution in [-0.4, -0.2) is 46.3 Å². The van der Waals surface area contributed by atoms with Gasteiger partial charge in [-0.1, -0.05) is 0 Å². The van der Waals surface area contributed by atoms with Gasteiger partial charge in [-0.15, -0.1) is 17.5 Å². The van der Waals surface area contributed by atoms with Crippen LogP contribution >= 0.6 is 12.4 Å². The fourth-order valence-electron chi connectivity index (χ4n) is 2.34. The second-order valence-corrected chi connectivity index (χ2v) is 4.82. The first kappa shape index (κ1) is 16.2. The Morgan fingerprint density at radius 3 is 3.00 bits per heavy atom. The van der Waals surface area contributed by atoms with E-state index >= 15 is 0 Å². The van der Waals surface area contributed by atoms with Gasteiger partial charge >= 0.3 is 0 Å². The molecule has 2 aromatic rings. The van der Waals surface area contributed by atoms with Gasteiger partial charge in [-0.2, -0.15) is 4.68 Å². The predicted octanol–water partition coefficient (Wildman–Crippen LogP) is 0.641. The average Bonchev–Trinajstić information content (AvgIpc) is 3.20. The summed E-state index contributed by atoms with van der Waals surface area (Å²) in [5.74, 6) is 0.666. The van der Waals surface area contributed by atoms with Crippen molar-refractivity contribution in [3.05, 3.63) is 24.5 Å². The number of ether oxygens (including phenoxy) is 1. The summed E-state index contributed by atoms with van der Waals surface area (Å²) in [6.45, 7) is 1.61. The van der Waals surface area contributed by atoms with Crippen molar-refractivity contribution in [1.29, 1.82) is 0 Å². The number of hydrogen-bond acceptors (Lipinski definition) is 6. The first-order valence-corrected chi connectivity index (χ1v) is 6.71. The lowest BCUT2D eigenvalue weighted by Gasteiger charge is -2.13. The number of anilines is 1. The molecule has 0 aliphatic carbocycles. The summed E-state index contributed by atoms with van der Waals surface area (Å²) < 4.78 is 6.78. The number of carbonyl (C=O) groups excluding carboxylic acids is 1. The maximum absolute atomic E-state index is 12.1. The lowest BCUT2D eigenvalue weighted by Crippen LogP contribution is -2.24. The maximum atomic E-state index is 12.1. The zero-order valence-electron chi connectivity index (χ0n) is 12.0. The summed E-state index contributed by atoms with van der Waals surface area (Å²) >= 11 is 0. The molecule has 1 fully saturated rings. The molecule has 0 bridgehead atoms. The van der Waals surface area contributed by atoms with Crippen molar-refractivity contribution in [2.75, 3.05) is 25.5 Å². The summed E-state index contributed by atoms with van der Waals surface area (Å²) in [5, 5.41) is 17.2. The summed E-state index contributed by atoms with van der Waals surface area (Å²) in [4.78, 5) is 12.1. The highest BCUT2D eigenvalue weighted by Crippen LogP contribution is 2.26. The Labute approximate surface area is 133 Å². The van der Waals surface area contributed by atoms with Crippen LogP contribution in [0.15, 0.2) is 24.5 Å². The van der Waals surface area contributed by atoms with Crippen LogP contribution in [-0.2, 0) is 4.79 Å². The number of nitrogens with zero attached hydrogens (tertiary/aromatic N) is 4. The minimum Gasteiger partial charge on any atom is -0.494 e. The Morgan fingerprint density at radius 2 is 2.36 bits per heavy atom. The number of rotatable bonds is 4. The van der Waals surface area contributed by atoms with Crippen LogP contribution in [0.2, 0.25) is 0 Å². The molecule has 0 spiro atoms. The van der Waals surface area contributed by atoms with E-state index in [2.05, 4.69) is 26.2 Å².